The number of aliphatic hydroxyl groups is 1. The van der Waals surface area contributed by atoms with Gasteiger partial charge in [0.25, 0.3) is 0 Å². The molecule has 1 fully saturated rings. The van der Waals surface area contributed by atoms with Crippen LogP contribution in [0.1, 0.15) is 113 Å². The molecule has 0 spiro atoms. The van der Waals surface area contributed by atoms with Crippen LogP contribution in [0, 0.1) is 23.7 Å². The summed E-state index contributed by atoms with van der Waals surface area (Å²) in [5.74, 6) is -4.02. The van der Waals surface area contributed by atoms with E-state index < -0.39 is 96.6 Å². The van der Waals surface area contributed by atoms with Crippen molar-refractivity contribution < 1.29 is 71.9 Å². The molecule has 1 aromatic carbocycles. The molecule has 3 unspecified atom stereocenters. The van der Waals surface area contributed by atoms with Gasteiger partial charge in [0.2, 0.25) is 35.4 Å². The molecule has 80 heavy (non-hydrogen) atoms. The van der Waals surface area contributed by atoms with Crippen LogP contribution in [0.25, 0.3) is 0 Å². The lowest BCUT2D eigenvalue weighted by molar-refractivity contribution is -0.181. The minimum Gasteiger partial charge on any atom is -0.464 e. The summed E-state index contributed by atoms with van der Waals surface area (Å²) in [6.07, 6.45) is -1.03. The van der Waals surface area contributed by atoms with Gasteiger partial charge in [-0.2, -0.15) is 0 Å². The van der Waals surface area contributed by atoms with Crippen LogP contribution in [-0.4, -0.2) is 210 Å². The standard InChI is InChI=1S/C57H98N8O15/c1-16-37(7)50(64(12)55(72)48(35(3)4)62-54(71)49(36(5)6)63(10)11)44(75-13)32-46(68)65-29-21-25-43(65)51(77-15)38(8)52(69)61-42(31-40-23-19-18-20-24-40)53(70)58-27-22-30-78-56(73)39(9)60-45(67)26-28-59-57(74)79-34-47(76-14)80-41(17-2)33-66/h18-20,23-24,35-39,41-44,47-51,66H,16-17,21-22,25-34H2,1-15H3,(H,58,70)(H,59,74)(H,60,67)(H,61,69)(H,62,71)/t37-,38+,39-,41?,42+,43-,44+,47?,48-,49-,50?,51+/m0/s1. The van der Waals surface area contributed by atoms with Crippen LogP contribution in [0.2, 0.25) is 0 Å². The van der Waals surface area contributed by atoms with E-state index in [-0.39, 0.29) is 94.1 Å². The highest BCUT2D eigenvalue weighted by Gasteiger charge is 2.44. The molecule has 0 bridgehead atoms. The van der Waals surface area contributed by atoms with Gasteiger partial charge in [-0.25, -0.2) is 9.59 Å². The molecule has 456 valence electrons. The van der Waals surface area contributed by atoms with Crippen molar-refractivity contribution in [2.75, 3.05) is 81.9 Å². The van der Waals surface area contributed by atoms with Crippen molar-refractivity contribution in [3.63, 3.8) is 0 Å². The summed E-state index contributed by atoms with van der Waals surface area (Å²) in [6, 6.07) is 4.92. The van der Waals surface area contributed by atoms with Crippen LogP contribution < -0.4 is 26.6 Å². The first kappa shape index (κ1) is 70.6. The van der Waals surface area contributed by atoms with E-state index in [1.54, 1.807) is 23.8 Å². The minimum atomic E-state index is -1.01. The third kappa shape index (κ3) is 22.8. The van der Waals surface area contributed by atoms with Crippen LogP contribution in [0.5, 0.6) is 0 Å². The van der Waals surface area contributed by atoms with Crippen molar-refractivity contribution in [3.8, 4) is 0 Å². The highest BCUT2D eigenvalue weighted by Crippen LogP contribution is 2.30. The Labute approximate surface area is 475 Å². The molecular formula is C57H98N8O15. The van der Waals surface area contributed by atoms with E-state index in [4.69, 9.17) is 28.4 Å². The van der Waals surface area contributed by atoms with Gasteiger partial charge in [0.15, 0.2) is 6.29 Å². The van der Waals surface area contributed by atoms with Crippen molar-refractivity contribution in [1.82, 2.24) is 41.3 Å². The maximum Gasteiger partial charge on any atom is 0.407 e. The fourth-order valence-electron chi connectivity index (χ4n) is 9.97. The number of likely N-dealkylation sites (tertiary alicyclic amines) is 1. The van der Waals surface area contributed by atoms with Crippen molar-refractivity contribution in [2.24, 2.45) is 23.7 Å². The van der Waals surface area contributed by atoms with Gasteiger partial charge in [-0.1, -0.05) is 92.1 Å². The number of hydrogen-bond donors (Lipinski definition) is 6. The normalized spacial score (nSPS) is 17.6. The fraction of sp³-hybridized carbons (Fsp3) is 0.754. The van der Waals surface area contributed by atoms with Crippen LogP contribution in [-0.2, 0) is 68.4 Å². The number of alkyl carbamates (subject to hydrolysis) is 1. The second kappa shape index (κ2) is 36.8. The molecule has 6 N–H and O–H groups in total. The van der Waals surface area contributed by atoms with Crippen LogP contribution >= 0.6 is 0 Å². The Balaban J connectivity index is 2.07. The van der Waals surface area contributed by atoms with Gasteiger partial charge in [-0.05, 0) is 70.0 Å². The van der Waals surface area contributed by atoms with E-state index in [0.717, 1.165) is 5.56 Å². The molecule has 7 amide bonds. The Bertz CT molecular complexity index is 2060. The van der Waals surface area contributed by atoms with Crippen LogP contribution in [0.4, 0.5) is 4.79 Å². The number of carbonyl (C=O) groups excluding carboxylic acids is 8. The predicted molar refractivity (Wildman–Crippen MR) is 300 cm³/mol. The maximum absolute atomic E-state index is 14.5. The lowest BCUT2D eigenvalue weighted by Gasteiger charge is -2.41. The molecular weight excluding hydrogens is 1040 g/mol. The number of esters is 1. The molecule has 0 saturated carbocycles. The fourth-order valence-corrected chi connectivity index (χ4v) is 9.97. The summed E-state index contributed by atoms with van der Waals surface area (Å²) in [5, 5.41) is 23.1. The molecule has 0 radical (unpaired) electrons. The predicted octanol–water partition coefficient (Wildman–Crippen LogP) is 2.79. The number of nitrogens with one attached hydrogen (secondary N) is 5. The summed E-state index contributed by atoms with van der Waals surface area (Å²) < 4.78 is 33.1. The average molecular weight is 1140 g/mol. The van der Waals surface area contributed by atoms with E-state index >= 15 is 0 Å². The van der Waals surface area contributed by atoms with Crippen molar-refractivity contribution in [2.45, 2.75) is 175 Å². The number of aliphatic hydroxyl groups excluding tert-OH is 1. The Hall–Kier alpha value is -5.46. The van der Waals surface area contributed by atoms with Crippen molar-refractivity contribution >= 4 is 47.5 Å². The lowest BCUT2D eigenvalue weighted by Crippen LogP contribution is -2.59. The Morgan fingerprint density at radius 1 is 0.775 bits per heavy atom. The number of rotatable bonds is 37. The summed E-state index contributed by atoms with van der Waals surface area (Å²) in [4.78, 5) is 113. The number of hydrogen-bond acceptors (Lipinski definition) is 16. The highest BCUT2D eigenvalue weighted by molar-refractivity contribution is 5.91. The molecule has 1 aliphatic rings. The van der Waals surface area contributed by atoms with E-state index in [0.29, 0.717) is 32.2 Å². The van der Waals surface area contributed by atoms with E-state index in [2.05, 4.69) is 26.6 Å². The van der Waals surface area contributed by atoms with Gasteiger partial charge in [0, 0.05) is 60.9 Å². The zero-order valence-electron chi connectivity index (χ0n) is 50.4. The summed E-state index contributed by atoms with van der Waals surface area (Å²) in [6.45, 7) is 16.6. The number of amides is 7. The molecule has 23 nitrogen and oxygen atoms in total. The monoisotopic (exact) mass is 1130 g/mol. The molecule has 1 heterocycles. The van der Waals surface area contributed by atoms with Gasteiger partial charge in [0.05, 0.1) is 62.0 Å². The third-order valence-corrected chi connectivity index (χ3v) is 14.7. The largest absolute Gasteiger partial charge is 0.464 e. The third-order valence-electron chi connectivity index (χ3n) is 14.7. The maximum atomic E-state index is 14.5. The van der Waals surface area contributed by atoms with E-state index in [9.17, 15) is 43.5 Å². The number of nitrogens with zero attached hydrogens (tertiary/aromatic N) is 3. The number of benzene rings is 1. The van der Waals surface area contributed by atoms with E-state index in [1.165, 1.54) is 28.3 Å². The first-order chi connectivity index (χ1) is 37.9. The molecule has 23 heteroatoms. The summed E-state index contributed by atoms with van der Waals surface area (Å²) in [7, 11) is 9.77. The quantitative estimate of drug-likeness (QED) is 0.0317. The number of likely N-dealkylation sites (N-methyl/N-ethyl adjacent to an activating group) is 2. The molecule has 0 aliphatic carbocycles. The highest BCUT2D eigenvalue weighted by atomic mass is 16.7. The van der Waals surface area contributed by atoms with Crippen LogP contribution in [0.15, 0.2) is 30.3 Å². The topological polar surface area (TPSA) is 282 Å². The van der Waals surface area contributed by atoms with Gasteiger partial charge in [0.1, 0.15) is 24.7 Å². The molecule has 12 atom stereocenters. The summed E-state index contributed by atoms with van der Waals surface area (Å²) in [5.41, 5.74) is 0.798. The average Bonchev–Trinajstić information content (AvgIpc) is 3.92. The van der Waals surface area contributed by atoms with Gasteiger partial charge in [-0.3, -0.25) is 33.7 Å². The summed E-state index contributed by atoms with van der Waals surface area (Å²) >= 11 is 0. The molecule has 1 aromatic rings. The second-order valence-corrected chi connectivity index (χ2v) is 21.6. The molecule has 0 aromatic heterocycles. The van der Waals surface area contributed by atoms with Crippen molar-refractivity contribution in [1.29, 1.82) is 0 Å². The molecule has 1 aliphatic heterocycles. The molecule has 1 saturated heterocycles. The second-order valence-electron chi connectivity index (χ2n) is 21.6. The van der Waals surface area contributed by atoms with E-state index in [1.807, 2.05) is 97.8 Å². The number of carbonyl (C=O) groups is 8. The molecule has 2 rings (SSSR count). The van der Waals surface area contributed by atoms with Crippen molar-refractivity contribution in [3.05, 3.63) is 35.9 Å². The Morgan fingerprint density at radius 2 is 1.45 bits per heavy atom. The number of methoxy groups -OCH3 is 3. The number of ether oxygens (including phenoxy) is 6. The Kier molecular flexibility index (Phi) is 32.5. The smallest absolute Gasteiger partial charge is 0.407 e. The first-order valence-electron chi connectivity index (χ1n) is 28.3. The van der Waals surface area contributed by atoms with Crippen LogP contribution in [0.3, 0.4) is 0 Å². The lowest BCUT2D eigenvalue weighted by atomic mass is 9.89. The SMILES string of the molecule is CCC(CO)OC(COC(=O)NCCC(=O)N[C@@H](C)C(=O)OCCCNC(=O)[C@@H](Cc1ccccc1)NC(=O)[C@H](C)[C@@H](OC)[C@@H]1CCCN1C(=O)C[C@@H](OC)C([C@@H](C)CC)N(C)C(=O)[C@@H](NC(=O)[C@H](C(C)C)N(C)C)C(C)C)OC. The zero-order valence-corrected chi connectivity index (χ0v) is 50.4. The van der Waals surface area contributed by atoms with Gasteiger partial charge < -0.3 is 69.9 Å². The first-order valence-corrected chi connectivity index (χ1v) is 28.3. The Morgan fingerprint density at radius 3 is 2.01 bits per heavy atom. The minimum absolute atomic E-state index is 0.00388. The van der Waals surface area contributed by atoms with Gasteiger partial charge in [-0.15, -0.1) is 0 Å². The van der Waals surface area contributed by atoms with Gasteiger partial charge >= 0.3 is 12.1 Å². The zero-order chi connectivity index (χ0) is 60.2.